The molecular weight excluding hydrogens is 282 g/mol. The topological polar surface area (TPSA) is 56.5 Å². The van der Waals surface area contributed by atoms with Gasteiger partial charge in [0.15, 0.2) is 0 Å². The third-order valence-corrected chi connectivity index (χ3v) is 3.67. The van der Waals surface area contributed by atoms with E-state index in [0.717, 1.165) is 22.1 Å². The van der Waals surface area contributed by atoms with E-state index >= 15 is 0 Å². The molecule has 0 saturated carbocycles. The minimum Gasteiger partial charge on any atom is -0.254 e. The van der Waals surface area contributed by atoms with Crippen molar-refractivity contribution in [2.24, 2.45) is 0 Å². The Morgan fingerprint density at radius 2 is 2.21 bits per heavy atom. The Balaban J connectivity index is 1.78. The third kappa shape index (κ3) is 2.80. The van der Waals surface area contributed by atoms with Crippen molar-refractivity contribution in [2.75, 3.05) is 0 Å². The number of pyridine rings is 1. The first-order valence-electron chi connectivity index (χ1n) is 5.66. The molecule has 0 atom stereocenters. The maximum atomic E-state index is 5.69. The zero-order valence-corrected chi connectivity index (χ0v) is 11.5. The van der Waals surface area contributed by atoms with Crippen LogP contribution < -0.4 is 0 Å². The smallest absolute Gasteiger partial charge is 0.142 e. The molecule has 0 N–H and O–H groups in total. The number of hydrogen-bond acceptors (Lipinski definition) is 5. The summed E-state index contributed by atoms with van der Waals surface area (Å²) >= 11 is 7.26. The number of hydrogen-bond donors (Lipinski definition) is 0. The summed E-state index contributed by atoms with van der Waals surface area (Å²) in [5.74, 6) is 0.371. The lowest BCUT2D eigenvalue weighted by Gasteiger charge is -1.95. The van der Waals surface area contributed by atoms with Gasteiger partial charge < -0.3 is 0 Å². The second kappa shape index (κ2) is 5.46. The molecule has 3 aromatic rings. The predicted molar refractivity (Wildman–Crippen MR) is 74.0 cm³/mol. The Bertz CT molecular complexity index is 664. The summed E-state index contributed by atoms with van der Waals surface area (Å²) in [5.41, 5.74) is 2.59. The SMILES string of the molecule is ClCc1cn(Cc2csc(-c3ccccn3)n2)nn1. The van der Waals surface area contributed by atoms with Gasteiger partial charge in [0, 0.05) is 11.6 Å². The molecule has 0 bridgehead atoms. The van der Waals surface area contributed by atoms with E-state index in [1.165, 1.54) is 0 Å². The van der Waals surface area contributed by atoms with Gasteiger partial charge in [0.25, 0.3) is 0 Å². The lowest BCUT2D eigenvalue weighted by molar-refractivity contribution is 0.641. The molecule has 0 spiro atoms. The summed E-state index contributed by atoms with van der Waals surface area (Å²) in [6.07, 6.45) is 3.59. The van der Waals surface area contributed by atoms with Gasteiger partial charge in [0.2, 0.25) is 0 Å². The van der Waals surface area contributed by atoms with E-state index in [9.17, 15) is 0 Å². The minimum absolute atomic E-state index is 0.371. The van der Waals surface area contributed by atoms with Crippen molar-refractivity contribution in [1.29, 1.82) is 0 Å². The van der Waals surface area contributed by atoms with Crippen LogP contribution in [0.25, 0.3) is 10.7 Å². The van der Waals surface area contributed by atoms with Crippen LogP contribution in [0.15, 0.2) is 36.0 Å². The summed E-state index contributed by atoms with van der Waals surface area (Å²) in [6.45, 7) is 0.590. The first-order chi connectivity index (χ1) is 9.35. The predicted octanol–water partition coefficient (Wildman–Crippen LogP) is 2.58. The van der Waals surface area contributed by atoms with Gasteiger partial charge in [-0.3, -0.25) is 4.98 Å². The van der Waals surface area contributed by atoms with Gasteiger partial charge in [0.1, 0.15) is 5.01 Å². The van der Waals surface area contributed by atoms with Crippen molar-refractivity contribution in [3.8, 4) is 10.7 Å². The first kappa shape index (κ1) is 12.3. The summed E-state index contributed by atoms with van der Waals surface area (Å²) < 4.78 is 1.73. The zero-order valence-electron chi connectivity index (χ0n) is 9.90. The molecule has 0 aliphatic carbocycles. The molecule has 3 rings (SSSR count). The van der Waals surface area contributed by atoms with Gasteiger partial charge >= 0.3 is 0 Å². The van der Waals surface area contributed by atoms with Crippen molar-refractivity contribution < 1.29 is 0 Å². The largest absolute Gasteiger partial charge is 0.254 e. The molecule has 0 radical (unpaired) electrons. The van der Waals surface area contributed by atoms with E-state index in [4.69, 9.17) is 11.6 Å². The summed E-state index contributed by atoms with van der Waals surface area (Å²) in [5, 5.41) is 10.9. The molecule has 5 nitrogen and oxygen atoms in total. The monoisotopic (exact) mass is 291 g/mol. The highest BCUT2D eigenvalue weighted by Gasteiger charge is 2.07. The van der Waals surface area contributed by atoms with Crippen molar-refractivity contribution in [2.45, 2.75) is 12.4 Å². The Hall–Kier alpha value is -1.79. The molecule has 0 fully saturated rings. The van der Waals surface area contributed by atoms with E-state index in [1.54, 1.807) is 22.2 Å². The number of rotatable bonds is 4. The summed E-state index contributed by atoms with van der Waals surface area (Å²) in [6, 6.07) is 5.79. The summed E-state index contributed by atoms with van der Waals surface area (Å²) in [4.78, 5) is 8.83. The van der Waals surface area contributed by atoms with Gasteiger partial charge in [0.05, 0.1) is 35.7 Å². The summed E-state index contributed by atoms with van der Waals surface area (Å²) in [7, 11) is 0. The fourth-order valence-corrected chi connectivity index (χ4v) is 2.54. The molecule has 3 aromatic heterocycles. The number of alkyl halides is 1. The Kier molecular flexibility index (Phi) is 3.52. The fraction of sp³-hybridized carbons (Fsp3) is 0.167. The van der Waals surface area contributed by atoms with Crippen LogP contribution in [-0.2, 0) is 12.4 Å². The molecule has 0 aliphatic rings. The fourth-order valence-electron chi connectivity index (χ4n) is 1.63. The second-order valence-corrected chi connectivity index (χ2v) is 5.03. The van der Waals surface area contributed by atoms with Crippen LogP contribution in [0.2, 0.25) is 0 Å². The molecule has 19 heavy (non-hydrogen) atoms. The van der Waals surface area contributed by atoms with Crippen LogP contribution in [-0.4, -0.2) is 25.0 Å². The minimum atomic E-state index is 0.371. The van der Waals surface area contributed by atoms with E-state index in [1.807, 2.05) is 29.8 Å². The number of halogens is 1. The quantitative estimate of drug-likeness (QED) is 0.693. The van der Waals surface area contributed by atoms with E-state index < -0.39 is 0 Å². The van der Waals surface area contributed by atoms with Crippen LogP contribution >= 0.6 is 22.9 Å². The highest BCUT2D eigenvalue weighted by molar-refractivity contribution is 7.13. The molecule has 0 unspecified atom stereocenters. The van der Waals surface area contributed by atoms with Gasteiger partial charge in [-0.15, -0.1) is 28.0 Å². The third-order valence-electron chi connectivity index (χ3n) is 2.48. The van der Waals surface area contributed by atoms with Crippen molar-refractivity contribution >= 4 is 22.9 Å². The first-order valence-corrected chi connectivity index (χ1v) is 7.07. The maximum absolute atomic E-state index is 5.69. The van der Waals surface area contributed by atoms with Gasteiger partial charge in [-0.2, -0.15) is 0 Å². The average Bonchev–Trinajstić information content (AvgIpc) is 3.09. The molecule has 0 saturated heterocycles. The Morgan fingerprint density at radius 3 is 2.95 bits per heavy atom. The highest BCUT2D eigenvalue weighted by Crippen LogP contribution is 2.21. The zero-order chi connectivity index (χ0) is 13.1. The second-order valence-electron chi connectivity index (χ2n) is 3.90. The highest BCUT2D eigenvalue weighted by atomic mass is 35.5. The van der Waals surface area contributed by atoms with E-state index in [0.29, 0.717) is 12.4 Å². The van der Waals surface area contributed by atoms with Crippen LogP contribution in [0.1, 0.15) is 11.4 Å². The van der Waals surface area contributed by atoms with Gasteiger partial charge in [-0.1, -0.05) is 11.3 Å². The van der Waals surface area contributed by atoms with Gasteiger partial charge in [-0.25, -0.2) is 9.67 Å². The molecule has 96 valence electrons. The van der Waals surface area contributed by atoms with Gasteiger partial charge in [-0.05, 0) is 12.1 Å². The normalized spacial score (nSPS) is 10.8. The lowest BCUT2D eigenvalue weighted by Crippen LogP contribution is -2.00. The van der Waals surface area contributed by atoms with Crippen LogP contribution in [0.3, 0.4) is 0 Å². The van der Waals surface area contributed by atoms with E-state index in [2.05, 4.69) is 20.3 Å². The van der Waals surface area contributed by atoms with Crippen molar-refractivity contribution in [3.63, 3.8) is 0 Å². The maximum Gasteiger partial charge on any atom is 0.142 e. The van der Waals surface area contributed by atoms with Crippen molar-refractivity contribution in [3.05, 3.63) is 47.4 Å². The number of thiazole rings is 1. The van der Waals surface area contributed by atoms with Crippen LogP contribution in [0, 0.1) is 0 Å². The van der Waals surface area contributed by atoms with Crippen LogP contribution in [0.4, 0.5) is 0 Å². The molecule has 0 aromatic carbocycles. The molecule has 3 heterocycles. The average molecular weight is 292 g/mol. The Labute approximate surface area is 118 Å². The number of aromatic nitrogens is 5. The van der Waals surface area contributed by atoms with E-state index in [-0.39, 0.29) is 0 Å². The van der Waals surface area contributed by atoms with Crippen LogP contribution in [0.5, 0.6) is 0 Å². The standard InChI is InChI=1S/C12H10ClN5S/c13-5-9-6-18(17-16-9)7-10-8-19-12(15-10)11-3-1-2-4-14-11/h1-4,6,8H,5,7H2. The molecule has 7 heteroatoms. The Morgan fingerprint density at radius 1 is 1.26 bits per heavy atom. The molecular formula is C12H10ClN5S. The molecule has 0 aliphatic heterocycles. The number of nitrogens with zero attached hydrogens (tertiary/aromatic N) is 5. The molecule has 0 amide bonds. The lowest BCUT2D eigenvalue weighted by atomic mass is 10.4. The van der Waals surface area contributed by atoms with Crippen molar-refractivity contribution in [1.82, 2.24) is 25.0 Å².